The topological polar surface area (TPSA) is 48.0 Å². The van der Waals surface area contributed by atoms with Gasteiger partial charge in [0.1, 0.15) is 5.75 Å². The van der Waals surface area contributed by atoms with Crippen LogP contribution in [0.3, 0.4) is 0 Å². The Balaban J connectivity index is 1.74. The van der Waals surface area contributed by atoms with Gasteiger partial charge in [-0.3, -0.25) is 4.79 Å². The van der Waals surface area contributed by atoms with E-state index in [-0.39, 0.29) is 5.91 Å². The van der Waals surface area contributed by atoms with Gasteiger partial charge in [-0.1, -0.05) is 18.2 Å². The van der Waals surface area contributed by atoms with Crippen molar-refractivity contribution in [2.24, 2.45) is 0 Å². The Bertz CT molecular complexity index is 844. The summed E-state index contributed by atoms with van der Waals surface area (Å²) in [6.45, 7) is 3.78. The summed E-state index contributed by atoms with van der Waals surface area (Å²) >= 11 is 0. The number of rotatable bonds is 6. The van der Waals surface area contributed by atoms with Gasteiger partial charge >= 0.3 is 0 Å². The predicted octanol–water partition coefficient (Wildman–Crippen LogP) is 3.70. The highest BCUT2D eigenvalue weighted by Crippen LogP contribution is 2.33. The summed E-state index contributed by atoms with van der Waals surface area (Å²) in [7, 11) is 3.25. The van der Waals surface area contributed by atoms with E-state index in [0.717, 1.165) is 29.0 Å². The minimum absolute atomic E-state index is 0.0123. The normalized spacial score (nSPS) is 13.4. The van der Waals surface area contributed by atoms with Gasteiger partial charge in [0, 0.05) is 24.7 Å². The van der Waals surface area contributed by atoms with Crippen molar-refractivity contribution in [3.8, 4) is 17.2 Å². The van der Waals surface area contributed by atoms with Crippen molar-refractivity contribution >= 4 is 12.0 Å². The number of ether oxygens (including phenoxy) is 3. The molecule has 0 N–H and O–H groups in total. The molecule has 5 nitrogen and oxygen atoms in total. The Kier molecular flexibility index (Phi) is 6.01. The molecule has 0 atom stereocenters. The summed E-state index contributed by atoms with van der Waals surface area (Å²) in [5, 5.41) is 0. The lowest BCUT2D eigenvalue weighted by atomic mass is 9.98. The van der Waals surface area contributed by atoms with Gasteiger partial charge < -0.3 is 19.1 Å². The van der Waals surface area contributed by atoms with Gasteiger partial charge in [-0.2, -0.15) is 0 Å². The molecule has 0 aliphatic carbocycles. The molecule has 27 heavy (non-hydrogen) atoms. The average molecular weight is 367 g/mol. The number of carbonyl (C=O) groups is 1. The van der Waals surface area contributed by atoms with Gasteiger partial charge in [-0.05, 0) is 48.7 Å². The first-order valence-electron chi connectivity index (χ1n) is 9.08. The van der Waals surface area contributed by atoms with Crippen LogP contribution in [0.4, 0.5) is 0 Å². The molecule has 0 saturated carbocycles. The number of fused-ring (bicyclic) bond motifs is 1. The van der Waals surface area contributed by atoms with Gasteiger partial charge in [-0.25, -0.2) is 0 Å². The van der Waals surface area contributed by atoms with E-state index in [1.807, 2.05) is 54.3 Å². The van der Waals surface area contributed by atoms with Crippen LogP contribution in [0, 0.1) is 0 Å². The first kappa shape index (κ1) is 18.8. The second-order valence-electron chi connectivity index (χ2n) is 6.29. The zero-order valence-electron chi connectivity index (χ0n) is 16.0. The van der Waals surface area contributed by atoms with Gasteiger partial charge in [-0.15, -0.1) is 0 Å². The van der Waals surface area contributed by atoms with Crippen molar-refractivity contribution in [2.45, 2.75) is 19.9 Å². The quantitative estimate of drug-likeness (QED) is 0.731. The van der Waals surface area contributed by atoms with E-state index >= 15 is 0 Å². The van der Waals surface area contributed by atoms with Crippen molar-refractivity contribution in [3.05, 3.63) is 59.2 Å². The molecule has 0 spiro atoms. The Morgan fingerprint density at radius 3 is 2.48 bits per heavy atom. The third-order valence-electron chi connectivity index (χ3n) is 4.65. The number of para-hydroxylation sites is 1. The van der Waals surface area contributed by atoms with Crippen LogP contribution in [0.2, 0.25) is 0 Å². The fraction of sp³-hybridized carbons (Fsp3) is 0.318. The number of nitrogens with zero attached hydrogens (tertiary/aromatic N) is 1. The second-order valence-corrected chi connectivity index (χ2v) is 6.29. The maximum Gasteiger partial charge on any atom is 0.246 e. The molecule has 5 heteroatoms. The van der Waals surface area contributed by atoms with E-state index in [1.165, 1.54) is 5.56 Å². The van der Waals surface area contributed by atoms with Crippen LogP contribution in [0.1, 0.15) is 23.6 Å². The monoisotopic (exact) mass is 367 g/mol. The van der Waals surface area contributed by atoms with Crippen LogP contribution in [0.25, 0.3) is 6.08 Å². The summed E-state index contributed by atoms with van der Waals surface area (Å²) < 4.78 is 16.4. The fourth-order valence-electron chi connectivity index (χ4n) is 3.24. The Morgan fingerprint density at radius 1 is 1.07 bits per heavy atom. The SMILES string of the molecule is CCOc1ccccc1C=CC(=O)N1CCc2cc(OC)c(OC)cc2C1. The molecule has 0 saturated heterocycles. The number of amides is 1. The van der Waals surface area contributed by atoms with Crippen molar-refractivity contribution in [3.63, 3.8) is 0 Å². The number of benzene rings is 2. The molecular weight excluding hydrogens is 342 g/mol. The summed E-state index contributed by atoms with van der Waals surface area (Å²) in [5.41, 5.74) is 3.19. The maximum atomic E-state index is 12.7. The van der Waals surface area contributed by atoms with E-state index in [2.05, 4.69) is 0 Å². The van der Waals surface area contributed by atoms with E-state index in [4.69, 9.17) is 14.2 Å². The molecule has 1 amide bonds. The van der Waals surface area contributed by atoms with Crippen LogP contribution in [0.5, 0.6) is 17.2 Å². The molecule has 1 heterocycles. The summed E-state index contributed by atoms with van der Waals surface area (Å²) in [6, 6.07) is 11.7. The first-order chi connectivity index (χ1) is 13.2. The zero-order valence-corrected chi connectivity index (χ0v) is 16.0. The van der Waals surface area contributed by atoms with Crippen molar-refractivity contribution in [1.82, 2.24) is 4.90 Å². The lowest BCUT2D eigenvalue weighted by molar-refractivity contribution is -0.126. The Labute approximate surface area is 160 Å². The van der Waals surface area contributed by atoms with Crippen molar-refractivity contribution < 1.29 is 19.0 Å². The van der Waals surface area contributed by atoms with Crippen LogP contribution >= 0.6 is 0 Å². The first-order valence-corrected chi connectivity index (χ1v) is 9.08. The summed E-state index contributed by atoms with van der Waals surface area (Å²) in [5.74, 6) is 2.18. The van der Waals surface area contributed by atoms with Crippen LogP contribution in [0.15, 0.2) is 42.5 Å². The number of methoxy groups -OCH3 is 2. The standard InChI is InChI=1S/C22H25NO4/c1-4-27-19-8-6-5-7-16(19)9-10-22(24)23-12-11-17-13-20(25-2)21(26-3)14-18(17)15-23/h5-10,13-14H,4,11-12,15H2,1-3H3. The summed E-state index contributed by atoms with van der Waals surface area (Å²) in [6.07, 6.45) is 4.23. The molecule has 0 bridgehead atoms. The molecule has 0 unspecified atom stereocenters. The van der Waals surface area contributed by atoms with E-state index in [9.17, 15) is 4.79 Å². The molecule has 142 valence electrons. The van der Waals surface area contributed by atoms with Gasteiger partial charge in [0.25, 0.3) is 0 Å². The van der Waals surface area contributed by atoms with E-state index in [1.54, 1.807) is 20.3 Å². The van der Waals surface area contributed by atoms with Crippen LogP contribution in [-0.4, -0.2) is 38.2 Å². The molecular formula is C22H25NO4. The second kappa shape index (κ2) is 8.62. The van der Waals surface area contributed by atoms with Crippen LogP contribution < -0.4 is 14.2 Å². The van der Waals surface area contributed by atoms with Gasteiger partial charge in [0.15, 0.2) is 11.5 Å². The van der Waals surface area contributed by atoms with Gasteiger partial charge in [0.2, 0.25) is 5.91 Å². The molecule has 0 aromatic heterocycles. The smallest absolute Gasteiger partial charge is 0.246 e. The zero-order chi connectivity index (χ0) is 19.2. The Hall–Kier alpha value is -2.95. The third kappa shape index (κ3) is 4.25. The lowest BCUT2D eigenvalue weighted by Gasteiger charge is -2.28. The van der Waals surface area contributed by atoms with Crippen molar-refractivity contribution in [2.75, 3.05) is 27.4 Å². The molecule has 2 aromatic rings. The largest absolute Gasteiger partial charge is 0.493 e. The number of hydrogen-bond donors (Lipinski definition) is 0. The molecule has 1 aliphatic rings. The Morgan fingerprint density at radius 2 is 1.78 bits per heavy atom. The lowest BCUT2D eigenvalue weighted by Crippen LogP contribution is -2.34. The van der Waals surface area contributed by atoms with Gasteiger partial charge in [0.05, 0.1) is 20.8 Å². The molecule has 0 radical (unpaired) electrons. The van der Waals surface area contributed by atoms with E-state index in [0.29, 0.717) is 25.4 Å². The third-order valence-corrected chi connectivity index (χ3v) is 4.65. The van der Waals surface area contributed by atoms with E-state index < -0.39 is 0 Å². The fourth-order valence-corrected chi connectivity index (χ4v) is 3.24. The maximum absolute atomic E-state index is 12.7. The number of carbonyl (C=O) groups excluding carboxylic acids is 1. The highest BCUT2D eigenvalue weighted by Gasteiger charge is 2.21. The predicted molar refractivity (Wildman–Crippen MR) is 105 cm³/mol. The summed E-state index contributed by atoms with van der Waals surface area (Å²) in [4.78, 5) is 14.5. The highest BCUT2D eigenvalue weighted by atomic mass is 16.5. The highest BCUT2D eigenvalue weighted by molar-refractivity contribution is 5.92. The number of hydrogen-bond acceptors (Lipinski definition) is 4. The average Bonchev–Trinajstić information content (AvgIpc) is 2.71. The molecule has 0 fully saturated rings. The molecule has 2 aromatic carbocycles. The minimum Gasteiger partial charge on any atom is -0.493 e. The molecule has 1 aliphatic heterocycles. The van der Waals surface area contributed by atoms with Crippen LogP contribution in [-0.2, 0) is 17.8 Å². The van der Waals surface area contributed by atoms with Crippen molar-refractivity contribution in [1.29, 1.82) is 0 Å². The minimum atomic E-state index is -0.0123. The molecule has 3 rings (SSSR count).